The number of halogens is 3. The third-order valence-electron chi connectivity index (χ3n) is 8.86. The number of nitro groups is 1. The third-order valence-corrected chi connectivity index (χ3v) is 8.86. The number of alkyl halides is 3. The Morgan fingerprint density at radius 1 is 0.938 bits per heavy atom. The van der Waals surface area contributed by atoms with Crippen LogP contribution in [0.4, 0.5) is 24.5 Å². The van der Waals surface area contributed by atoms with Gasteiger partial charge in [0, 0.05) is 54.3 Å². The second kappa shape index (κ2) is 11.6. The molecule has 1 aliphatic rings. The maximum atomic E-state index is 13.7. The number of pyridine rings is 1. The number of fused-ring (bicyclic) bond motifs is 2. The van der Waals surface area contributed by atoms with Crippen LogP contribution in [0.25, 0.3) is 38.1 Å². The van der Waals surface area contributed by atoms with Gasteiger partial charge in [-0.2, -0.15) is 13.2 Å². The number of hydrogen-bond acceptors (Lipinski definition) is 8. The number of anilines is 1. The molecule has 0 saturated carbocycles. The van der Waals surface area contributed by atoms with E-state index in [0.717, 1.165) is 17.0 Å². The Labute approximate surface area is 269 Å². The lowest BCUT2D eigenvalue weighted by molar-refractivity contribution is -0.384. The predicted molar refractivity (Wildman–Crippen MR) is 174 cm³/mol. The molecule has 4 aromatic carbocycles. The van der Waals surface area contributed by atoms with Gasteiger partial charge in [0.15, 0.2) is 5.43 Å². The van der Waals surface area contributed by atoms with E-state index in [0.29, 0.717) is 76.4 Å². The maximum absolute atomic E-state index is 13.7. The van der Waals surface area contributed by atoms with Crippen molar-refractivity contribution in [3.63, 3.8) is 0 Å². The Morgan fingerprint density at radius 3 is 2.48 bits per heavy atom. The number of nitrogens with zero attached hydrogens (tertiary/aromatic N) is 5. The number of carbonyl (C=O) groups excluding carboxylic acids is 2. The van der Waals surface area contributed by atoms with E-state index in [4.69, 9.17) is 0 Å². The van der Waals surface area contributed by atoms with Crippen molar-refractivity contribution in [1.82, 2.24) is 19.6 Å². The normalized spacial score (nSPS) is 13.5. The van der Waals surface area contributed by atoms with Gasteiger partial charge in [-0.15, -0.1) is 0 Å². The molecule has 0 unspecified atom stereocenters. The van der Waals surface area contributed by atoms with Crippen LogP contribution in [0.2, 0.25) is 0 Å². The minimum atomic E-state index is -4.59. The SMILES string of the molecule is CN(CCCNCCCN1C(=O)c2cccc3cc([N+](=O)[O-])cc(c23)C1=O)c1ccc2ncn3c4ccc(C(F)(F)F)cc4c(=O)c1c23. The average Bonchev–Trinajstić information content (AvgIpc) is 3.50. The van der Waals surface area contributed by atoms with E-state index in [1.165, 1.54) is 24.5 Å². The summed E-state index contributed by atoms with van der Waals surface area (Å²) in [6, 6.07) is 14.1. The van der Waals surface area contributed by atoms with Crippen molar-refractivity contribution in [2.24, 2.45) is 0 Å². The smallest absolute Gasteiger partial charge is 0.374 e. The largest absolute Gasteiger partial charge is 0.416 e. The second-order valence-electron chi connectivity index (χ2n) is 11.8. The molecule has 2 amide bonds. The number of amides is 2. The monoisotopic (exact) mass is 656 g/mol. The molecule has 7 rings (SSSR count). The molecule has 0 radical (unpaired) electrons. The number of non-ortho nitro benzene ring substituents is 1. The molecule has 2 aromatic heterocycles. The van der Waals surface area contributed by atoms with Crippen molar-refractivity contribution in [2.45, 2.75) is 19.0 Å². The number of nitrogens with one attached hydrogen (secondary N) is 1. The molecule has 48 heavy (non-hydrogen) atoms. The number of benzene rings is 4. The molecule has 3 heterocycles. The van der Waals surface area contributed by atoms with Gasteiger partial charge in [0.2, 0.25) is 0 Å². The van der Waals surface area contributed by atoms with Gasteiger partial charge in [-0.1, -0.05) is 12.1 Å². The number of imidazole rings is 1. The predicted octanol–water partition coefficient (Wildman–Crippen LogP) is 5.62. The summed E-state index contributed by atoms with van der Waals surface area (Å²) in [5.41, 5.74) is 0.888. The molecule has 6 aromatic rings. The lowest BCUT2D eigenvalue weighted by Gasteiger charge is -2.27. The van der Waals surface area contributed by atoms with Crippen LogP contribution in [0.5, 0.6) is 0 Å². The first kappa shape index (κ1) is 31.0. The first-order chi connectivity index (χ1) is 23.0. The van der Waals surface area contributed by atoms with E-state index in [1.807, 2.05) is 11.9 Å². The topological polar surface area (TPSA) is 130 Å². The molecular weight excluding hydrogens is 629 g/mol. The number of imide groups is 1. The number of rotatable bonds is 10. The average molecular weight is 657 g/mol. The van der Waals surface area contributed by atoms with Gasteiger partial charge < -0.3 is 10.2 Å². The summed E-state index contributed by atoms with van der Waals surface area (Å²) in [5, 5.41) is 15.9. The number of hydrogen-bond donors (Lipinski definition) is 1. The molecule has 1 N–H and O–H groups in total. The number of aromatic nitrogens is 2. The van der Waals surface area contributed by atoms with Crippen LogP contribution in [0.1, 0.15) is 39.1 Å². The molecule has 0 spiro atoms. The lowest BCUT2D eigenvalue weighted by atomic mass is 9.93. The maximum Gasteiger partial charge on any atom is 0.416 e. The zero-order valence-electron chi connectivity index (χ0n) is 25.5. The molecule has 0 aliphatic carbocycles. The number of carbonyl (C=O) groups is 2. The van der Waals surface area contributed by atoms with E-state index in [9.17, 15) is 37.7 Å². The van der Waals surface area contributed by atoms with Crippen molar-refractivity contribution in [3.05, 3.63) is 104 Å². The van der Waals surface area contributed by atoms with Crippen molar-refractivity contribution in [1.29, 1.82) is 0 Å². The molecule has 14 heteroatoms. The summed E-state index contributed by atoms with van der Waals surface area (Å²) < 4.78 is 42.1. The quantitative estimate of drug-likeness (QED) is 0.0661. The van der Waals surface area contributed by atoms with Gasteiger partial charge >= 0.3 is 6.18 Å². The fourth-order valence-corrected chi connectivity index (χ4v) is 6.56. The van der Waals surface area contributed by atoms with E-state index in [1.54, 1.807) is 34.7 Å². The molecule has 0 fully saturated rings. The molecular formula is C34H27F3N6O5. The van der Waals surface area contributed by atoms with Crippen molar-refractivity contribution in [2.75, 3.05) is 38.1 Å². The zero-order valence-corrected chi connectivity index (χ0v) is 25.5. The van der Waals surface area contributed by atoms with Crippen molar-refractivity contribution >= 4 is 61.3 Å². The van der Waals surface area contributed by atoms with Crippen molar-refractivity contribution in [3.8, 4) is 0 Å². The van der Waals surface area contributed by atoms with Gasteiger partial charge in [0.05, 0.1) is 38.0 Å². The summed E-state index contributed by atoms with van der Waals surface area (Å²) in [5.74, 6) is -1.01. The summed E-state index contributed by atoms with van der Waals surface area (Å²) >= 11 is 0. The highest BCUT2D eigenvalue weighted by molar-refractivity contribution is 6.25. The first-order valence-electron chi connectivity index (χ1n) is 15.2. The zero-order chi connectivity index (χ0) is 33.9. The van der Waals surface area contributed by atoms with Gasteiger partial charge in [-0.3, -0.25) is 33.8 Å². The standard InChI is InChI=1S/C34H27F3N6O5/c1-40(27-10-8-25-30-29(27)31(44)23-16-20(34(35,36)37)7-9-26(23)42(30)18-39-25)13-3-11-38-12-4-14-41-32(45)22-6-2-5-19-15-21(43(47)48)17-24(28(19)22)33(41)46/h2,5-10,15-18,38H,3-4,11-14H2,1H3. The summed E-state index contributed by atoms with van der Waals surface area (Å²) in [6.07, 6.45) is -1.98. The molecule has 244 valence electrons. The van der Waals surface area contributed by atoms with Crippen LogP contribution in [0, 0.1) is 10.1 Å². The Kier molecular flexibility index (Phi) is 7.46. The summed E-state index contributed by atoms with van der Waals surface area (Å²) in [4.78, 5) is 58.3. The molecule has 11 nitrogen and oxygen atoms in total. The van der Waals surface area contributed by atoms with Crippen LogP contribution >= 0.6 is 0 Å². The third kappa shape index (κ3) is 5.04. The van der Waals surface area contributed by atoms with E-state index < -0.39 is 33.9 Å². The number of nitro benzene ring substituents is 1. The summed E-state index contributed by atoms with van der Waals surface area (Å²) in [7, 11) is 1.81. The minimum absolute atomic E-state index is 0.0387. The highest BCUT2D eigenvalue weighted by Gasteiger charge is 2.34. The van der Waals surface area contributed by atoms with Crippen LogP contribution in [-0.2, 0) is 6.18 Å². The van der Waals surface area contributed by atoms with E-state index in [-0.39, 0.29) is 23.2 Å². The fourth-order valence-electron chi connectivity index (χ4n) is 6.56. The Bertz CT molecular complexity index is 2360. The molecule has 0 bridgehead atoms. The van der Waals surface area contributed by atoms with Crippen LogP contribution in [0.15, 0.2) is 71.8 Å². The van der Waals surface area contributed by atoms with Gasteiger partial charge in [-0.05, 0) is 67.7 Å². The van der Waals surface area contributed by atoms with Crippen molar-refractivity contribution < 1.29 is 27.7 Å². The Hall–Kier alpha value is -5.63. The molecule has 1 aliphatic heterocycles. The van der Waals surface area contributed by atoms with Gasteiger partial charge in [0.1, 0.15) is 6.33 Å². The minimum Gasteiger partial charge on any atom is -0.374 e. The second-order valence-corrected chi connectivity index (χ2v) is 11.8. The van der Waals surface area contributed by atoms with Crippen LogP contribution in [0.3, 0.4) is 0 Å². The van der Waals surface area contributed by atoms with E-state index in [2.05, 4.69) is 10.3 Å². The molecule has 0 atom stereocenters. The lowest BCUT2D eigenvalue weighted by Crippen LogP contribution is -2.41. The summed E-state index contributed by atoms with van der Waals surface area (Å²) in [6.45, 7) is 1.70. The Morgan fingerprint density at radius 2 is 1.71 bits per heavy atom. The Balaban J connectivity index is 0.999. The first-order valence-corrected chi connectivity index (χ1v) is 15.2. The highest BCUT2D eigenvalue weighted by atomic mass is 19.4. The van der Waals surface area contributed by atoms with Gasteiger partial charge in [0.25, 0.3) is 17.5 Å². The fraction of sp³-hybridized carbons (Fsp3) is 0.235. The highest BCUT2D eigenvalue weighted by Crippen LogP contribution is 2.35. The van der Waals surface area contributed by atoms with Crippen LogP contribution in [-0.4, -0.2) is 64.2 Å². The van der Waals surface area contributed by atoms with Gasteiger partial charge in [-0.25, -0.2) is 4.98 Å². The molecule has 0 saturated heterocycles. The van der Waals surface area contributed by atoms with Crippen LogP contribution < -0.4 is 15.6 Å². The van der Waals surface area contributed by atoms with E-state index >= 15 is 0 Å².